The van der Waals surface area contributed by atoms with Crippen LogP contribution in [0.5, 0.6) is 23.5 Å². The molecule has 0 saturated heterocycles. The fourth-order valence-corrected chi connectivity index (χ4v) is 12.1. The Morgan fingerprint density at radius 2 is 0.600 bits per heavy atom. The summed E-state index contributed by atoms with van der Waals surface area (Å²) in [5.74, 6) is 4.25. The van der Waals surface area contributed by atoms with E-state index in [0.29, 0.717) is 47.2 Å². The van der Waals surface area contributed by atoms with Gasteiger partial charge in [0.05, 0.1) is 0 Å². The Labute approximate surface area is 366 Å². The summed E-state index contributed by atoms with van der Waals surface area (Å²) in [4.78, 5) is 0. The van der Waals surface area contributed by atoms with Crippen LogP contribution >= 0.6 is 0 Å². The van der Waals surface area contributed by atoms with Crippen molar-refractivity contribution in [3.63, 3.8) is 0 Å². The number of allylic oxidation sites excluding steroid dienone is 4. The third kappa shape index (κ3) is 12.2. The van der Waals surface area contributed by atoms with Gasteiger partial charge in [0, 0.05) is 59.0 Å². The zero-order valence-corrected chi connectivity index (χ0v) is 38.5. The molecule has 6 heteroatoms. The highest BCUT2D eigenvalue weighted by Crippen LogP contribution is 2.57. The first-order valence-corrected chi connectivity index (χ1v) is 26.1. The van der Waals surface area contributed by atoms with Gasteiger partial charge in [0.1, 0.15) is 0 Å². The molecule has 6 unspecified atom stereocenters. The second-order valence-corrected chi connectivity index (χ2v) is 20.1. The zero-order chi connectivity index (χ0) is 42.1. The molecule has 0 amide bonds. The van der Waals surface area contributed by atoms with Crippen LogP contribution in [0, 0.1) is 11.8 Å². The molecule has 0 radical (unpaired) electrons. The normalized spacial score (nSPS) is 20.5. The minimum absolute atomic E-state index is 0.297. The maximum atomic E-state index is 10.9. The number of unbranched alkanes of at least 4 members (excludes halogenated alkanes) is 22. The van der Waals surface area contributed by atoms with Gasteiger partial charge in [-0.2, -0.15) is 0 Å². The highest BCUT2D eigenvalue weighted by Gasteiger charge is 2.42. The third-order valence-electron chi connectivity index (χ3n) is 15.7. The van der Waals surface area contributed by atoms with Crippen LogP contribution in [-0.2, 0) is 13.1 Å². The number of nitrogens with zero attached hydrogens (tertiary/aromatic N) is 2. The Morgan fingerprint density at radius 3 is 0.867 bits per heavy atom. The van der Waals surface area contributed by atoms with E-state index in [4.69, 9.17) is 0 Å². The minimum Gasteiger partial charge on any atom is -0.494 e. The predicted octanol–water partition coefficient (Wildman–Crippen LogP) is 16.1. The summed E-state index contributed by atoms with van der Waals surface area (Å²) in [6.45, 7) is 6.09. The Hall–Kier alpha value is -2.76. The highest BCUT2D eigenvalue weighted by molar-refractivity contribution is 5.59. The number of fused-ring (bicyclic) bond motifs is 10. The van der Waals surface area contributed by atoms with Crippen molar-refractivity contribution in [2.24, 2.45) is 11.8 Å². The summed E-state index contributed by atoms with van der Waals surface area (Å²) in [5.41, 5.74) is 3.98. The van der Waals surface area contributed by atoms with Gasteiger partial charge < -0.3 is 20.4 Å². The molecule has 4 bridgehead atoms. The van der Waals surface area contributed by atoms with Crippen molar-refractivity contribution in [1.82, 2.24) is 9.13 Å². The molecule has 4 N–H and O–H groups in total. The van der Waals surface area contributed by atoms with Crippen LogP contribution in [0.1, 0.15) is 265 Å². The van der Waals surface area contributed by atoms with Crippen LogP contribution < -0.4 is 0 Å². The van der Waals surface area contributed by atoms with E-state index in [1.54, 1.807) is 9.13 Å². The molecule has 0 fully saturated rings. The van der Waals surface area contributed by atoms with Gasteiger partial charge >= 0.3 is 0 Å². The monoisotopic (exact) mass is 829 g/mol. The topological polar surface area (TPSA) is 90.8 Å². The van der Waals surface area contributed by atoms with E-state index in [1.807, 2.05) is 0 Å². The van der Waals surface area contributed by atoms with Crippen LogP contribution in [0.15, 0.2) is 24.3 Å². The van der Waals surface area contributed by atoms with Gasteiger partial charge in [-0.15, -0.1) is 0 Å². The minimum atomic E-state index is 0.297. The van der Waals surface area contributed by atoms with Crippen molar-refractivity contribution in [2.75, 3.05) is 0 Å². The molecule has 6 rings (SSSR count). The van der Waals surface area contributed by atoms with Crippen LogP contribution in [0.25, 0.3) is 0 Å². The van der Waals surface area contributed by atoms with E-state index in [2.05, 4.69) is 38.2 Å². The zero-order valence-electron chi connectivity index (χ0n) is 38.5. The first kappa shape index (κ1) is 46.7. The molecular weight excluding hydrogens is 741 g/mol. The van der Waals surface area contributed by atoms with Gasteiger partial charge in [0.25, 0.3) is 0 Å². The van der Waals surface area contributed by atoms with E-state index in [9.17, 15) is 20.4 Å². The van der Waals surface area contributed by atoms with Crippen LogP contribution in [-0.4, -0.2) is 29.6 Å². The van der Waals surface area contributed by atoms with Crippen molar-refractivity contribution in [2.45, 2.75) is 256 Å². The smallest absolute Gasteiger partial charge is 0.198 e. The molecule has 2 aromatic rings. The quantitative estimate of drug-likeness (QED) is 0.0411. The molecule has 0 spiro atoms. The molecule has 0 aromatic carbocycles. The van der Waals surface area contributed by atoms with Crippen LogP contribution in [0.2, 0.25) is 0 Å². The van der Waals surface area contributed by atoms with Crippen molar-refractivity contribution in [1.29, 1.82) is 0 Å². The molecule has 0 aliphatic heterocycles. The number of aromatic hydroxyl groups is 4. The fourth-order valence-electron chi connectivity index (χ4n) is 12.1. The average molecular weight is 829 g/mol. The predicted molar refractivity (Wildman–Crippen MR) is 251 cm³/mol. The lowest BCUT2D eigenvalue weighted by atomic mass is 9.78. The van der Waals surface area contributed by atoms with Gasteiger partial charge in [-0.3, -0.25) is 9.13 Å². The number of hydrogen-bond donors (Lipinski definition) is 4. The van der Waals surface area contributed by atoms with Crippen molar-refractivity contribution in [3.05, 3.63) is 46.6 Å². The van der Waals surface area contributed by atoms with E-state index in [1.165, 1.54) is 167 Å². The van der Waals surface area contributed by atoms with Gasteiger partial charge in [-0.25, -0.2) is 0 Å². The first-order valence-electron chi connectivity index (χ1n) is 26.1. The summed E-state index contributed by atoms with van der Waals surface area (Å²) in [6, 6.07) is 0. The third-order valence-corrected chi connectivity index (χ3v) is 15.7. The van der Waals surface area contributed by atoms with Gasteiger partial charge in [0.2, 0.25) is 0 Å². The SMILES string of the molecule is CCCCCCCCC(CCCCCCCCCn1c(O)c2c(c1O)C1C=CC2C1)C(CCCCCCCC)CCCCCCCCCn1c(O)c2c(c1O)C1C=CC2C1. The summed E-state index contributed by atoms with van der Waals surface area (Å²) >= 11 is 0. The van der Waals surface area contributed by atoms with Crippen molar-refractivity contribution in [3.8, 4) is 23.5 Å². The molecule has 338 valence electrons. The van der Waals surface area contributed by atoms with Crippen molar-refractivity contribution >= 4 is 0 Å². The lowest BCUT2D eigenvalue weighted by Gasteiger charge is -2.28. The van der Waals surface area contributed by atoms with E-state index in [0.717, 1.165) is 85.7 Å². The molecule has 6 nitrogen and oxygen atoms in total. The number of aromatic nitrogens is 2. The van der Waals surface area contributed by atoms with Gasteiger partial charge in [-0.05, 0) is 37.5 Å². The van der Waals surface area contributed by atoms with Gasteiger partial charge in [-0.1, -0.05) is 218 Å². The van der Waals surface area contributed by atoms with Crippen LogP contribution in [0.4, 0.5) is 0 Å². The summed E-state index contributed by atoms with van der Waals surface area (Å²) in [7, 11) is 0. The first-order chi connectivity index (χ1) is 29.4. The summed E-state index contributed by atoms with van der Waals surface area (Å²) < 4.78 is 3.56. The molecule has 2 heterocycles. The molecular formula is C54H88N2O4. The van der Waals surface area contributed by atoms with E-state index < -0.39 is 0 Å². The van der Waals surface area contributed by atoms with E-state index >= 15 is 0 Å². The lowest BCUT2D eigenvalue weighted by Crippen LogP contribution is -2.16. The lowest BCUT2D eigenvalue weighted by molar-refractivity contribution is 0.236. The maximum Gasteiger partial charge on any atom is 0.198 e. The number of hydrogen-bond acceptors (Lipinski definition) is 4. The molecule has 2 aromatic heterocycles. The van der Waals surface area contributed by atoms with E-state index in [-0.39, 0.29) is 0 Å². The second-order valence-electron chi connectivity index (χ2n) is 20.1. The Morgan fingerprint density at radius 1 is 0.367 bits per heavy atom. The molecule has 0 saturated carbocycles. The molecule has 6 atom stereocenters. The van der Waals surface area contributed by atoms with Crippen LogP contribution in [0.3, 0.4) is 0 Å². The highest BCUT2D eigenvalue weighted by atomic mass is 16.3. The maximum absolute atomic E-state index is 10.9. The average Bonchev–Trinajstić information content (AvgIpc) is 4.12. The van der Waals surface area contributed by atoms with Crippen molar-refractivity contribution < 1.29 is 20.4 Å². The summed E-state index contributed by atoms with van der Waals surface area (Å²) in [6.07, 6.45) is 51.0. The fraction of sp³-hybridized carbons (Fsp3) is 0.778. The Bertz CT molecular complexity index is 1430. The molecule has 4 aliphatic carbocycles. The molecule has 60 heavy (non-hydrogen) atoms. The Balaban J connectivity index is 0.881. The number of rotatable bonds is 35. The Kier molecular flexibility index (Phi) is 19.3. The van der Waals surface area contributed by atoms with Gasteiger partial charge in [0.15, 0.2) is 23.5 Å². The largest absolute Gasteiger partial charge is 0.494 e. The standard InChI is InChI=1S/C54H88N2O4/c1-3-5-7-9-17-23-29-41(31-25-19-13-11-15-21-27-37-55-51(57)47-43-33-34-44(39-43)48(47)52(55)58)42(30-24-18-10-8-6-4-2)32-26-20-14-12-16-22-28-38-56-53(59)49-45-35-36-46(40-45)50(49)54(56)60/h33-36,41-46,57-60H,3-32,37-40H2,1-2H3. The summed E-state index contributed by atoms with van der Waals surface area (Å²) in [5, 5.41) is 43.4. The second kappa shape index (κ2) is 24.8. The molecule has 4 aliphatic rings.